The second-order valence-corrected chi connectivity index (χ2v) is 14.7. The summed E-state index contributed by atoms with van der Waals surface area (Å²) < 4.78 is 0. The van der Waals surface area contributed by atoms with Gasteiger partial charge in [0, 0.05) is 34.8 Å². The summed E-state index contributed by atoms with van der Waals surface area (Å²) >= 11 is 0. The molecule has 3 N–H and O–H groups in total. The number of aliphatic hydroxyl groups is 2. The summed E-state index contributed by atoms with van der Waals surface area (Å²) in [7, 11) is 0. The Morgan fingerprint density at radius 1 is 0.933 bits per heavy atom. The Balaban J connectivity index is 1.60. The van der Waals surface area contributed by atoms with E-state index in [0.717, 1.165) is 11.1 Å². The zero-order valence-corrected chi connectivity index (χ0v) is 27.6. The van der Waals surface area contributed by atoms with Gasteiger partial charge in [-0.25, -0.2) is 0 Å². The van der Waals surface area contributed by atoms with Crippen LogP contribution in [0.3, 0.4) is 0 Å². The van der Waals surface area contributed by atoms with Gasteiger partial charge in [0.2, 0.25) is 5.78 Å². The highest BCUT2D eigenvalue weighted by Crippen LogP contribution is 2.62. The molecule has 0 aliphatic heterocycles. The minimum atomic E-state index is -2.47. The minimum Gasteiger partial charge on any atom is -0.508 e. The summed E-state index contributed by atoms with van der Waals surface area (Å²) in [6.07, 6.45) is 0.758. The SMILES string of the molecule is CC(=O)C1=C(C)C[C@@]2(C)C[C@@]3(C)Cc4c(C(C)C)cc(CC(=O)Cc5ccc(C(C)C)cc5)c(O)c4C(=O)C3=C(O)[C@@]2(O)C1=O. The monoisotopic (exact) mass is 612 g/mol. The number of fused-ring (bicyclic) bond motifs is 3. The molecule has 2 aromatic rings. The van der Waals surface area contributed by atoms with Gasteiger partial charge in [0.05, 0.1) is 11.1 Å². The van der Waals surface area contributed by atoms with Crippen molar-refractivity contribution in [3.8, 4) is 5.75 Å². The van der Waals surface area contributed by atoms with E-state index in [4.69, 9.17) is 0 Å². The molecule has 0 saturated carbocycles. The molecule has 3 aliphatic rings. The van der Waals surface area contributed by atoms with Crippen molar-refractivity contribution in [1.29, 1.82) is 0 Å². The van der Waals surface area contributed by atoms with E-state index in [1.807, 2.05) is 51.1 Å². The normalized spacial score (nSPS) is 26.3. The molecule has 2 aromatic carbocycles. The number of aliphatic hydroxyl groups excluding tert-OH is 1. The van der Waals surface area contributed by atoms with Crippen LogP contribution in [-0.4, -0.2) is 44.1 Å². The molecule has 0 fully saturated rings. The molecule has 7 nitrogen and oxygen atoms in total. The lowest BCUT2D eigenvalue weighted by molar-refractivity contribution is -0.157. The Bertz CT molecular complexity index is 1720. The smallest absolute Gasteiger partial charge is 0.206 e. The van der Waals surface area contributed by atoms with Gasteiger partial charge in [-0.3, -0.25) is 19.2 Å². The van der Waals surface area contributed by atoms with E-state index in [-0.39, 0.29) is 66.3 Å². The Kier molecular flexibility index (Phi) is 7.89. The van der Waals surface area contributed by atoms with E-state index >= 15 is 0 Å². The third-order valence-corrected chi connectivity index (χ3v) is 10.4. The molecule has 238 valence electrons. The first-order valence-electron chi connectivity index (χ1n) is 15.8. The molecule has 0 heterocycles. The van der Waals surface area contributed by atoms with Crippen LogP contribution in [0.2, 0.25) is 0 Å². The van der Waals surface area contributed by atoms with Gasteiger partial charge in [-0.1, -0.05) is 77.4 Å². The number of Topliss-reactive ketones (excluding diaryl/α,β-unsaturated/α-hetero) is 4. The van der Waals surface area contributed by atoms with E-state index in [1.165, 1.54) is 12.5 Å². The summed E-state index contributed by atoms with van der Waals surface area (Å²) in [6, 6.07) is 9.70. The predicted molar refractivity (Wildman–Crippen MR) is 172 cm³/mol. The number of phenolic OH excluding ortho intramolecular Hbond substituents is 1. The molecule has 0 unspecified atom stereocenters. The summed E-state index contributed by atoms with van der Waals surface area (Å²) in [4.78, 5) is 53.9. The van der Waals surface area contributed by atoms with E-state index < -0.39 is 39.5 Å². The number of ketones is 4. The van der Waals surface area contributed by atoms with Crippen LogP contribution in [0, 0.1) is 10.8 Å². The van der Waals surface area contributed by atoms with Crippen LogP contribution in [0.15, 0.2) is 52.8 Å². The first-order chi connectivity index (χ1) is 20.9. The number of phenols is 1. The fourth-order valence-electron chi connectivity index (χ4n) is 8.36. The van der Waals surface area contributed by atoms with Crippen LogP contribution in [-0.2, 0) is 33.6 Å². The fraction of sp³-hybridized carbons (Fsp3) is 0.474. The molecule has 0 spiro atoms. The maximum Gasteiger partial charge on any atom is 0.206 e. The summed E-state index contributed by atoms with van der Waals surface area (Å²) in [6.45, 7) is 14.7. The lowest BCUT2D eigenvalue weighted by Crippen LogP contribution is -2.63. The highest BCUT2D eigenvalue weighted by atomic mass is 16.3. The zero-order chi connectivity index (χ0) is 33.4. The molecular weight excluding hydrogens is 568 g/mol. The largest absolute Gasteiger partial charge is 0.508 e. The van der Waals surface area contributed by atoms with Crippen LogP contribution < -0.4 is 0 Å². The number of rotatable bonds is 7. The predicted octanol–water partition coefficient (Wildman–Crippen LogP) is 6.57. The molecule has 3 aliphatic carbocycles. The van der Waals surface area contributed by atoms with Crippen molar-refractivity contribution < 1.29 is 34.5 Å². The standard InChI is InChI=1S/C38H44O7/c1-19(2)24-11-9-23(10-12-24)13-26(40)14-25-15-27(20(3)4)28-17-36(7)18-37(8)16-21(5)29(22(6)39)34(43)38(37,45)35(44)31(36)33(42)30(28)32(25)41/h9-12,15,19-20,41,44-45H,13-14,16-18H2,1-8H3/t36-,37+,38+/m1/s1. The fourth-order valence-corrected chi connectivity index (χ4v) is 8.36. The quantitative estimate of drug-likeness (QED) is 0.302. The molecular formula is C38H44O7. The first-order valence-corrected chi connectivity index (χ1v) is 15.8. The first kappa shape index (κ1) is 32.6. The van der Waals surface area contributed by atoms with Gasteiger partial charge in [-0.15, -0.1) is 0 Å². The molecule has 45 heavy (non-hydrogen) atoms. The lowest BCUT2D eigenvalue weighted by Gasteiger charge is -2.56. The zero-order valence-electron chi connectivity index (χ0n) is 27.6. The molecule has 0 bridgehead atoms. The van der Waals surface area contributed by atoms with Gasteiger partial charge in [-0.05, 0) is 67.2 Å². The maximum absolute atomic E-state index is 14.4. The second-order valence-electron chi connectivity index (χ2n) is 14.7. The van der Waals surface area contributed by atoms with E-state index in [0.29, 0.717) is 22.6 Å². The molecule has 0 aromatic heterocycles. The van der Waals surface area contributed by atoms with Gasteiger partial charge in [-0.2, -0.15) is 0 Å². The number of carbonyl (C=O) groups excluding carboxylic acids is 4. The minimum absolute atomic E-state index is 0.00159. The summed E-state index contributed by atoms with van der Waals surface area (Å²) in [5.74, 6) is -2.94. The number of hydrogen-bond donors (Lipinski definition) is 3. The van der Waals surface area contributed by atoms with Crippen LogP contribution >= 0.6 is 0 Å². The molecule has 5 rings (SSSR count). The lowest BCUT2D eigenvalue weighted by atomic mass is 9.47. The van der Waals surface area contributed by atoms with Crippen molar-refractivity contribution >= 4 is 23.1 Å². The highest BCUT2D eigenvalue weighted by molar-refractivity contribution is 6.25. The molecule has 0 amide bonds. The number of benzene rings is 2. The number of carbonyl (C=O) groups is 4. The van der Waals surface area contributed by atoms with Crippen molar-refractivity contribution in [2.75, 3.05) is 0 Å². The van der Waals surface area contributed by atoms with Crippen molar-refractivity contribution in [3.63, 3.8) is 0 Å². The third kappa shape index (κ3) is 4.91. The Morgan fingerprint density at radius 2 is 1.56 bits per heavy atom. The van der Waals surface area contributed by atoms with E-state index in [2.05, 4.69) is 13.8 Å². The van der Waals surface area contributed by atoms with Gasteiger partial charge in [0.25, 0.3) is 0 Å². The maximum atomic E-state index is 14.4. The van der Waals surface area contributed by atoms with Crippen molar-refractivity contribution in [2.24, 2.45) is 10.8 Å². The van der Waals surface area contributed by atoms with Gasteiger partial charge >= 0.3 is 0 Å². The Hall–Kier alpha value is -3.84. The molecule has 0 saturated heterocycles. The van der Waals surface area contributed by atoms with Crippen LogP contribution in [0.25, 0.3) is 0 Å². The topological polar surface area (TPSA) is 129 Å². The van der Waals surface area contributed by atoms with E-state index in [9.17, 15) is 34.5 Å². The summed E-state index contributed by atoms with van der Waals surface area (Å²) in [5, 5.41) is 35.3. The number of hydrogen-bond acceptors (Lipinski definition) is 7. The highest BCUT2D eigenvalue weighted by Gasteiger charge is 2.67. The molecule has 3 atom stereocenters. The third-order valence-electron chi connectivity index (χ3n) is 10.4. The van der Waals surface area contributed by atoms with Crippen molar-refractivity contribution in [3.05, 3.63) is 86.2 Å². The van der Waals surface area contributed by atoms with Crippen LogP contribution in [0.5, 0.6) is 5.75 Å². The molecule has 7 heteroatoms. The van der Waals surface area contributed by atoms with E-state index in [1.54, 1.807) is 13.8 Å². The van der Waals surface area contributed by atoms with Crippen LogP contribution in [0.1, 0.15) is 118 Å². The average molecular weight is 613 g/mol. The van der Waals surface area contributed by atoms with Gasteiger partial charge in [0.1, 0.15) is 17.3 Å². The van der Waals surface area contributed by atoms with Crippen molar-refractivity contribution in [2.45, 2.75) is 105 Å². The van der Waals surface area contributed by atoms with Crippen LogP contribution in [0.4, 0.5) is 0 Å². The average Bonchev–Trinajstić information content (AvgIpc) is 2.91. The van der Waals surface area contributed by atoms with Crippen molar-refractivity contribution in [1.82, 2.24) is 0 Å². The molecule has 0 radical (unpaired) electrons. The number of aromatic hydroxyl groups is 1. The van der Waals surface area contributed by atoms with Gasteiger partial charge < -0.3 is 15.3 Å². The Labute approximate surface area is 265 Å². The number of allylic oxidation sites excluding steroid dienone is 2. The second kappa shape index (κ2) is 10.9. The Morgan fingerprint density at radius 3 is 2.11 bits per heavy atom. The van der Waals surface area contributed by atoms with Gasteiger partial charge in [0.15, 0.2) is 17.2 Å². The summed E-state index contributed by atoms with van der Waals surface area (Å²) in [5.41, 5.74) is -0.484.